The van der Waals surface area contributed by atoms with Crippen molar-refractivity contribution >= 4 is 35.2 Å². The van der Waals surface area contributed by atoms with Crippen molar-refractivity contribution in [3.63, 3.8) is 0 Å². The maximum atomic E-state index is 11.9. The van der Waals surface area contributed by atoms with Crippen LogP contribution in [0.15, 0.2) is 42.5 Å². The van der Waals surface area contributed by atoms with Crippen molar-refractivity contribution in [2.45, 2.75) is 0 Å². The molecule has 0 aliphatic rings. The SMILES string of the molecule is COc1cc(/C=C/C(=O)OCC(=O)Nc2ccccc2C#N)cc(Cl)c1OC. The Morgan fingerprint density at radius 3 is 2.64 bits per heavy atom. The van der Waals surface area contributed by atoms with E-state index in [2.05, 4.69) is 5.32 Å². The van der Waals surface area contributed by atoms with Gasteiger partial charge in [0.25, 0.3) is 5.91 Å². The van der Waals surface area contributed by atoms with Gasteiger partial charge in [0.1, 0.15) is 6.07 Å². The molecule has 2 rings (SSSR count). The number of ether oxygens (including phenoxy) is 3. The first-order chi connectivity index (χ1) is 13.5. The highest BCUT2D eigenvalue weighted by molar-refractivity contribution is 6.32. The smallest absolute Gasteiger partial charge is 0.331 e. The molecule has 0 heterocycles. The summed E-state index contributed by atoms with van der Waals surface area (Å²) in [7, 11) is 2.94. The third-order valence-electron chi connectivity index (χ3n) is 3.53. The Bertz CT molecular complexity index is 950. The highest BCUT2D eigenvalue weighted by atomic mass is 35.5. The summed E-state index contributed by atoms with van der Waals surface area (Å²) in [5, 5.41) is 11.8. The molecule has 0 fully saturated rings. The normalized spacial score (nSPS) is 10.2. The number of methoxy groups -OCH3 is 2. The van der Waals surface area contributed by atoms with Crippen LogP contribution in [-0.2, 0) is 14.3 Å². The Morgan fingerprint density at radius 1 is 1.21 bits per heavy atom. The molecule has 144 valence electrons. The molecule has 0 radical (unpaired) electrons. The average Bonchev–Trinajstić information content (AvgIpc) is 2.70. The largest absolute Gasteiger partial charge is 0.493 e. The van der Waals surface area contributed by atoms with E-state index in [9.17, 15) is 9.59 Å². The van der Waals surface area contributed by atoms with Gasteiger partial charge in [0.2, 0.25) is 0 Å². The number of carbonyl (C=O) groups excluding carboxylic acids is 2. The second kappa shape index (κ2) is 10.00. The fraction of sp³-hybridized carbons (Fsp3) is 0.150. The van der Waals surface area contributed by atoms with Crippen LogP contribution >= 0.6 is 11.6 Å². The van der Waals surface area contributed by atoms with Crippen molar-refractivity contribution in [3.05, 3.63) is 58.6 Å². The minimum atomic E-state index is -0.713. The summed E-state index contributed by atoms with van der Waals surface area (Å²) in [6, 6.07) is 11.7. The van der Waals surface area contributed by atoms with Gasteiger partial charge >= 0.3 is 5.97 Å². The van der Waals surface area contributed by atoms with E-state index in [0.717, 1.165) is 6.08 Å². The first-order valence-corrected chi connectivity index (χ1v) is 8.41. The van der Waals surface area contributed by atoms with Crippen LogP contribution in [0, 0.1) is 11.3 Å². The molecule has 28 heavy (non-hydrogen) atoms. The zero-order chi connectivity index (χ0) is 20.5. The minimum Gasteiger partial charge on any atom is -0.493 e. The van der Waals surface area contributed by atoms with Crippen LogP contribution in [0.2, 0.25) is 5.02 Å². The van der Waals surface area contributed by atoms with Crippen LogP contribution in [0.3, 0.4) is 0 Å². The van der Waals surface area contributed by atoms with Crippen molar-refractivity contribution in [1.82, 2.24) is 0 Å². The summed E-state index contributed by atoms with van der Waals surface area (Å²) >= 11 is 6.10. The highest BCUT2D eigenvalue weighted by Crippen LogP contribution is 2.36. The van der Waals surface area contributed by atoms with Gasteiger partial charge in [-0.1, -0.05) is 23.7 Å². The molecule has 7 nitrogen and oxygen atoms in total. The number of halogens is 1. The number of nitrogens with one attached hydrogen (secondary N) is 1. The number of nitriles is 1. The van der Waals surface area contributed by atoms with E-state index in [1.165, 1.54) is 20.3 Å². The Labute approximate surface area is 167 Å². The monoisotopic (exact) mass is 400 g/mol. The zero-order valence-corrected chi connectivity index (χ0v) is 15.9. The van der Waals surface area contributed by atoms with Crippen molar-refractivity contribution < 1.29 is 23.8 Å². The Morgan fingerprint density at radius 2 is 1.96 bits per heavy atom. The quantitative estimate of drug-likeness (QED) is 0.565. The summed E-state index contributed by atoms with van der Waals surface area (Å²) in [5.74, 6) is -0.468. The first kappa shape index (κ1) is 20.8. The molecule has 0 aliphatic heterocycles. The summed E-state index contributed by atoms with van der Waals surface area (Å²) in [4.78, 5) is 23.7. The number of hydrogen-bond acceptors (Lipinski definition) is 6. The van der Waals surface area contributed by atoms with Crippen LogP contribution in [0.4, 0.5) is 5.69 Å². The van der Waals surface area contributed by atoms with Gasteiger partial charge in [0.05, 0.1) is 30.5 Å². The molecule has 1 amide bonds. The number of benzene rings is 2. The number of hydrogen-bond donors (Lipinski definition) is 1. The lowest BCUT2D eigenvalue weighted by Crippen LogP contribution is -2.20. The lowest BCUT2D eigenvalue weighted by Gasteiger charge is -2.10. The summed E-state index contributed by atoms with van der Waals surface area (Å²) < 4.78 is 15.2. The predicted molar refractivity (Wildman–Crippen MR) is 104 cm³/mol. The standard InChI is InChI=1S/C20H17ClN2O5/c1-26-17-10-13(9-15(21)20(17)27-2)7-8-19(25)28-12-18(24)23-16-6-4-3-5-14(16)11-22/h3-10H,12H2,1-2H3,(H,23,24)/b8-7+. The maximum absolute atomic E-state index is 11.9. The van der Waals surface area contributed by atoms with Crippen molar-refractivity contribution in [1.29, 1.82) is 5.26 Å². The van der Waals surface area contributed by atoms with Crippen molar-refractivity contribution in [3.8, 4) is 17.6 Å². The van der Waals surface area contributed by atoms with E-state index in [1.807, 2.05) is 6.07 Å². The van der Waals surface area contributed by atoms with E-state index < -0.39 is 18.5 Å². The Kier molecular flexibility index (Phi) is 7.43. The Balaban J connectivity index is 1.94. The number of carbonyl (C=O) groups is 2. The Hall–Kier alpha value is -3.50. The molecule has 0 bridgehead atoms. The van der Waals surface area contributed by atoms with E-state index >= 15 is 0 Å². The molecule has 2 aromatic rings. The molecule has 0 aliphatic carbocycles. The second-order valence-corrected chi connectivity index (χ2v) is 5.79. The van der Waals surface area contributed by atoms with Gasteiger partial charge in [-0.2, -0.15) is 5.26 Å². The molecular weight excluding hydrogens is 384 g/mol. The molecule has 0 atom stereocenters. The van der Waals surface area contributed by atoms with E-state index in [4.69, 9.17) is 31.1 Å². The average molecular weight is 401 g/mol. The molecule has 8 heteroatoms. The van der Waals surface area contributed by atoms with Gasteiger partial charge in [-0.25, -0.2) is 4.79 Å². The van der Waals surface area contributed by atoms with Crippen LogP contribution in [-0.4, -0.2) is 32.7 Å². The number of para-hydroxylation sites is 1. The zero-order valence-electron chi connectivity index (χ0n) is 15.2. The summed E-state index contributed by atoms with van der Waals surface area (Å²) in [6.07, 6.45) is 2.63. The third kappa shape index (κ3) is 5.50. The number of rotatable bonds is 7. The van der Waals surface area contributed by atoms with Gasteiger partial charge in [0.15, 0.2) is 18.1 Å². The van der Waals surface area contributed by atoms with Crippen LogP contribution in [0.25, 0.3) is 6.08 Å². The molecule has 0 saturated heterocycles. The van der Waals surface area contributed by atoms with E-state index in [-0.39, 0.29) is 0 Å². The van der Waals surface area contributed by atoms with Crippen LogP contribution < -0.4 is 14.8 Å². The molecule has 0 spiro atoms. The highest BCUT2D eigenvalue weighted by Gasteiger charge is 2.11. The lowest BCUT2D eigenvalue weighted by atomic mass is 10.2. The number of amides is 1. The third-order valence-corrected chi connectivity index (χ3v) is 3.82. The van der Waals surface area contributed by atoms with E-state index in [0.29, 0.717) is 33.3 Å². The second-order valence-electron chi connectivity index (χ2n) is 5.38. The molecule has 2 aromatic carbocycles. The summed E-state index contributed by atoms with van der Waals surface area (Å²) in [6.45, 7) is -0.490. The molecule has 0 aromatic heterocycles. The minimum absolute atomic E-state index is 0.312. The number of esters is 1. The molecule has 0 unspecified atom stereocenters. The molecule has 0 saturated carbocycles. The van der Waals surface area contributed by atoms with E-state index in [1.54, 1.807) is 36.4 Å². The van der Waals surface area contributed by atoms with Gasteiger partial charge < -0.3 is 19.5 Å². The number of anilines is 1. The van der Waals surface area contributed by atoms with Crippen LogP contribution in [0.5, 0.6) is 11.5 Å². The van der Waals surface area contributed by atoms with Gasteiger partial charge in [-0.05, 0) is 35.9 Å². The van der Waals surface area contributed by atoms with Gasteiger partial charge in [-0.15, -0.1) is 0 Å². The maximum Gasteiger partial charge on any atom is 0.331 e. The topological polar surface area (TPSA) is 97.6 Å². The fourth-order valence-corrected chi connectivity index (χ4v) is 2.56. The fourth-order valence-electron chi connectivity index (χ4n) is 2.26. The lowest BCUT2D eigenvalue weighted by molar-refractivity contribution is -0.142. The predicted octanol–water partition coefficient (Wildman–Crippen LogP) is 3.42. The first-order valence-electron chi connectivity index (χ1n) is 8.03. The van der Waals surface area contributed by atoms with Gasteiger partial charge in [-0.3, -0.25) is 4.79 Å². The number of nitrogens with zero attached hydrogens (tertiary/aromatic N) is 1. The van der Waals surface area contributed by atoms with Gasteiger partial charge in [0, 0.05) is 6.08 Å². The summed E-state index contributed by atoms with van der Waals surface area (Å²) in [5.41, 5.74) is 1.25. The molecular formula is C20H17ClN2O5. The van der Waals surface area contributed by atoms with Crippen LogP contribution in [0.1, 0.15) is 11.1 Å². The van der Waals surface area contributed by atoms with Crippen molar-refractivity contribution in [2.75, 3.05) is 26.1 Å². The molecule has 1 N–H and O–H groups in total. The van der Waals surface area contributed by atoms with Crippen molar-refractivity contribution in [2.24, 2.45) is 0 Å².